The van der Waals surface area contributed by atoms with Gasteiger partial charge in [-0.05, 0) is 38.5 Å². The van der Waals surface area contributed by atoms with Gasteiger partial charge in [-0.2, -0.15) is 0 Å². The highest BCUT2D eigenvalue weighted by Gasteiger charge is 2.17. The van der Waals surface area contributed by atoms with Crippen molar-refractivity contribution in [1.82, 2.24) is 5.32 Å². The first-order valence-corrected chi connectivity index (χ1v) is 7.19. The molecule has 1 aromatic carbocycles. The molecule has 0 atom stereocenters. The summed E-state index contributed by atoms with van der Waals surface area (Å²) in [7, 11) is 0. The molecule has 0 aliphatic heterocycles. The first-order chi connectivity index (χ1) is 8.34. The number of carbonyl (C=O) groups excluding carboxylic acids is 1. The normalized spacial score (nSPS) is 11.3. The summed E-state index contributed by atoms with van der Waals surface area (Å²) in [5.74, 6) is 0.368. The molecule has 0 aliphatic carbocycles. The van der Waals surface area contributed by atoms with Crippen LogP contribution in [0.25, 0.3) is 0 Å². The molecule has 3 nitrogen and oxygen atoms in total. The number of benzene rings is 1. The highest BCUT2D eigenvalue weighted by Crippen LogP contribution is 2.28. The minimum atomic E-state index is -0.164. The predicted octanol–water partition coefficient (Wildman–Crippen LogP) is 3.32. The number of nitrogens with two attached hydrogens (primary N) is 1. The Morgan fingerprint density at radius 3 is 2.72 bits per heavy atom. The molecule has 0 saturated carbocycles. The van der Waals surface area contributed by atoms with Crippen LogP contribution in [-0.4, -0.2) is 17.2 Å². The highest BCUT2D eigenvalue weighted by molar-refractivity contribution is 8.00. The summed E-state index contributed by atoms with van der Waals surface area (Å²) in [5.41, 5.74) is 6.07. The lowest BCUT2D eigenvalue weighted by Gasteiger charge is -2.24. The Kier molecular flexibility index (Phi) is 5.35. The smallest absolute Gasteiger partial charge is 0.230 e. The van der Waals surface area contributed by atoms with Crippen molar-refractivity contribution in [2.45, 2.75) is 37.6 Å². The minimum Gasteiger partial charge on any atom is -0.399 e. The van der Waals surface area contributed by atoms with Crippen molar-refractivity contribution in [2.24, 2.45) is 0 Å². The molecule has 100 valence electrons. The molecule has 0 aromatic heterocycles. The molecule has 0 heterocycles. The van der Waals surface area contributed by atoms with Crippen molar-refractivity contribution < 1.29 is 4.79 Å². The number of anilines is 1. The standard InChI is InChI=1S/C13H19ClN2OS/c1-4-13(2,3)16-12(17)8-18-11-6-5-9(15)7-10(11)14/h5-7H,4,8,15H2,1-3H3,(H,16,17). The van der Waals surface area contributed by atoms with Gasteiger partial charge < -0.3 is 11.1 Å². The van der Waals surface area contributed by atoms with E-state index in [1.54, 1.807) is 12.1 Å². The molecule has 0 bridgehead atoms. The van der Waals surface area contributed by atoms with Gasteiger partial charge >= 0.3 is 0 Å². The summed E-state index contributed by atoms with van der Waals surface area (Å²) < 4.78 is 0. The lowest BCUT2D eigenvalue weighted by molar-refractivity contribution is -0.120. The van der Waals surface area contributed by atoms with E-state index in [2.05, 4.69) is 5.32 Å². The van der Waals surface area contributed by atoms with Crippen LogP contribution < -0.4 is 11.1 Å². The van der Waals surface area contributed by atoms with Crippen molar-refractivity contribution in [3.63, 3.8) is 0 Å². The number of thioether (sulfide) groups is 1. The second kappa shape index (κ2) is 6.34. The summed E-state index contributed by atoms with van der Waals surface area (Å²) in [6.45, 7) is 6.06. The lowest BCUT2D eigenvalue weighted by Crippen LogP contribution is -2.43. The molecule has 18 heavy (non-hydrogen) atoms. The van der Waals surface area contributed by atoms with Crippen LogP contribution in [0.1, 0.15) is 27.2 Å². The first kappa shape index (κ1) is 15.2. The fourth-order valence-electron chi connectivity index (χ4n) is 1.28. The fraction of sp³-hybridized carbons (Fsp3) is 0.462. The summed E-state index contributed by atoms with van der Waals surface area (Å²) >= 11 is 7.46. The number of rotatable bonds is 5. The largest absolute Gasteiger partial charge is 0.399 e. The number of nitrogens with one attached hydrogen (secondary N) is 1. The zero-order valence-corrected chi connectivity index (χ0v) is 12.5. The molecule has 1 amide bonds. The molecule has 0 spiro atoms. The second-order valence-electron chi connectivity index (χ2n) is 4.76. The third-order valence-corrected chi connectivity index (χ3v) is 4.17. The molecular formula is C13H19ClN2OS. The van der Waals surface area contributed by atoms with Gasteiger partial charge in [0, 0.05) is 16.1 Å². The average molecular weight is 287 g/mol. The van der Waals surface area contributed by atoms with Crippen LogP contribution >= 0.6 is 23.4 Å². The molecule has 0 aliphatic rings. The summed E-state index contributed by atoms with van der Waals surface area (Å²) in [6.07, 6.45) is 0.895. The monoisotopic (exact) mass is 286 g/mol. The number of hydrogen-bond acceptors (Lipinski definition) is 3. The van der Waals surface area contributed by atoms with Crippen molar-refractivity contribution in [1.29, 1.82) is 0 Å². The van der Waals surface area contributed by atoms with Gasteiger partial charge in [-0.25, -0.2) is 0 Å². The fourth-order valence-corrected chi connectivity index (χ4v) is 2.35. The highest BCUT2D eigenvalue weighted by atomic mass is 35.5. The van der Waals surface area contributed by atoms with Crippen LogP contribution in [0.4, 0.5) is 5.69 Å². The maximum Gasteiger partial charge on any atom is 0.230 e. The molecule has 0 radical (unpaired) electrons. The number of halogens is 1. The molecule has 1 rings (SSSR count). The van der Waals surface area contributed by atoms with Gasteiger partial charge in [0.1, 0.15) is 0 Å². The van der Waals surface area contributed by atoms with Crippen molar-refractivity contribution >= 4 is 35.0 Å². The average Bonchev–Trinajstić information content (AvgIpc) is 2.27. The summed E-state index contributed by atoms with van der Waals surface area (Å²) in [4.78, 5) is 12.6. The molecule has 0 saturated heterocycles. The van der Waals surface area contributed by atoms with E-state index in [0.717, 1.165) is 11.3 Å². The van der Waals surface area contributed by atoms with E-state index < -0.39 is 0 Å². The van der Waals surface area contributed by atoms with Crippen LogP contribution in [-0.2, 0) is 4.79 Å². The zero-order chi connectivity index (χ0) is 13.8. The van der Waals surface area contributed by atoms with Crippen molar-refractivity contribution in [2.75, 3.05) is 11.5 Å². The van der Waals surface area contributed by atoms with Crippen LogP contribution in [0, 0.1) is 0 Å². The maximum atomic E-state index is 11.8. The molecule has 3 N–H and O–H groups in total. The number of hydrogen-bond donors (Lipinski definition) is 2. The van der Waals surface area contributed by atoms with Gasteiger partial charge in [-0.3, -0.25) is 4.79 Å². The van der Waals surface area contributed by atoms with Gasteiger partial charge in [0.15, 0.2) is 0 Å². The Morgan fingerprint density at radius 2 is 2.17 bits per heavy atom. The van der Waals surface area contributed by atoms with E-state index in [1.165, 1.54) is 11.8 Å². The Morgan fingerprint density at radius 1 is 1.50 bits per heavy atom. The van der Waals surface area contributed by atoms with Crippen LogP contribution in [0.2, 0.25) is 5.02 Å². The van der Waals surface area contributed by atoms with E-state index in [4.69, 9.17) is 17.3 Å². The first-order valence-electron chi connectivity index (χ1n) is 5.83. The molecule has 0 unspecified atom stereocenters. The quantitative estimate of drug-likeness (QED) is 0.645. The molecular weight excluding hydrogens is 268 g/mol. The number of carbonyl (C=O) groups is 1. The minimum absolute atomic E-state index is 0.0136. The third-order valence-electron chi connectivity index (χ3n) is 2.68. The Labute approximate surface area is 117 Å². The zero-order valence-electron chi connectivity index (χ0n) is 10.9. The van der Waals surface area contributed by atoms with Gasteiger partial charge in [0.25, 0.3) is 0 Å². The van der Waals surface area contributed by atoms with Gasteiger partial charge in [0.05, 0.1) is 10.8 Å². The van der Waals surface area contributed by atoms with Crippen LogP contribution in [0.3, 0.4) is 0 Å². The van der Waals surface area contributed by atoms with Gasteiger partial charge in [-0.1, -0.05) is 18.5 Å². The number of amides is 1. The molecule has 5 heteroatoms. The Hall–Kier alpha value is -0.870. The third kappa shape index (κ3) is 4.78. The van der Waals surface area contributed by atoms with Gasteiger partial charge in [0.2, 0.25) is 5.91 Å². The second-order valence-corrected chi connectivity index (χ2v) is 6.19. The SMILES string of the molecule is CCC(C)(C)NC(=O)CSc1ccc(N)cc1Cl. The Bertz CT molecular complexity index is 435. The molecule has 0 fully saturated rings. The van der Waals surface area contributed by atoms with E-state index >= 15 is 0 Å². The van der Waals surface area contributed by atoms with Crippen molar-refractivity contribution in [3.05, 3.63) is 23.2 Å². The Balaban J connectivity index is 2.53. The van der Waals surface area contributed by atoms with E-state index in [-0.39, 0.29) is 11.4 Å². The molecule has 1 aromatic rings. The maximum absolute atomic E-state index is 11.8. The van der Waals surface area contributed by atoms with E-state index in [1.807, 2.05) is 26.8 Å². The lowest BCUT2D eigenvalue weighted by atomic mass is 10.0. The van der Waals surface area contributed by atoms with E-state index in [9.17, 15) is 4.79 Å². The number of nitrogen functional groups attached to an aromatic ring is 1. The summed E-state index contributed by atoms with van der Waals surface area (Å²) in [6, 6.07) is 5.31. The van der Waals surface area contributed by atoms with E-state index in [0.29, 0.717) is 16.5 Å². The van der Waals surface area contributed by atoms with Crippen LogP contribution in [0.15, 0.2) is 23.1 Å². The van der Waals surface area contributed by atoms with Crippen molar-refractivity contribution in [3.8, 4) is 0 Å². The predicted molar refractivity (Wildman–Crippen MR) is 79.1 cm³/mol. The van der Waals surface area contributed by atoms with Gasteiger partial charge in [-0.15, -0.1) is 11.8 Å². The topological polar surface area (TPSA) is 55.1 Å². The van der Waals surface area contributed by atoms with Crippen LogP contribution in [0.5, 0.6) is 0 Å². The summed E-state index contributed by atoms with van der Waals surface area (Å²) in [5, 5.41) is 3.57.